The van der Waals surface area contributed by atoms with Crippen LogP contribution in [0.2, 0.25) is 0 Å². The molecule has 1 atom stereocenters. The van der Waals surface area contributed by atoms with Gasteiger partial charge < -0.3 is 5.32 Å². The van der Waals surface area contributed by atoms with Gasteiger partial charge in [-0.1, -0.05) is 6.92 Å². The van der Waals surface area contributed by atoms with Crippen molar-refractivity contribution < 1.29 is 4.79 Å². The molecule has 0 aliphatic rings. The smallest absolute Gasteiger partial charge is 0.255 e. The highest BCUT2D eigenvalue weighted by Gasteiger charge is 2.17. The first-order valence-electron chi connectivity index (χ1n) is 5.28. The van der Waals surface area contributed by atoms with Crippen molar-refractivity contribution in [1.82, 2.24) is 15.1 Å². The van der Waals surface area contributed by atoms with E-state index in [4.69, 9.17) is 0 Å². The van der Waals surface area contributed by atoms with Gasteiger partial charge in [0.15, 0.2) is 0 Å². The van der Waals surface area contributed by atoms with Crippen molar-refractivity contribution in [2.75, 3.05) is 0 Å². The molecule has 0 aliphatic heterocycles. The SMILES string of the molecule is CC[C@@H](C)NC(=O)c1c(C)nn(C)c1C. The van der Waals surface area contributed by atoms with Crippen molar-refractivity contribution in [1.29, 1.82) is 0 Å². The van der Waals surface area contributed by atoms with Crippen LogP contribution >= 0.6 is 0 Å². The zero-order valence-electron chi connectivity index (χ0n) is 10.1. The molecule has 1 N–H and O–H groups in total. The first-order chi connectivity index (χ1) is 6.97. The third-order valence-electron chi connectivity index (χ3n) is 2.73. The second-order valence-corrected chi connectivity index (χ2v) is 3.95. The van der Waals surface area contributed by atoms with Gasteiger partial charge in [-0.25, -0.2) is 0 Å². The summed E-state index contributed by atoms with van der Waals surface area (Å²) in [6, 6.07) is 0.205. The second-order valence-electron chi connectivity index (χ2n) is 3.95. The topological polar surface area (TPSA) is 46.9 Å². The van der Waals surface area contributed by atoms with Gasteiger partial charge >= 0.3 is 0 Å². The molecule has 4 heteroatoms. The molecule has 0 unspecified atom stereocenters. The number of hydrogen-bond donors (Lipinski definition) is 1. The fourth-order valence-electron chi connectivity index (χ4n) is 1.50. The fourth-order valence-corrected chi connectivity index (χ4v) is 1.50. The van der Waals surface area contributed by atoms with Crippen molar-refractivity contribution in [3.8, 4) is 0 Å². The minimum Gasteiger partial charge on any atom is -0.349 e. The van der Waals surface area contributed by atoms with Gasteiger partial charge in [0.1, 0.15) is 0 Å². The van der Waals surface area contributed by atoms with Crippen LogP contribution in [0.4, 0.5) is 0 Å². The molecule has 1 aromatic rings. The lowest BCUT2D eigenvalue weighted by Crippen LogP contribution is -2.32. The van der Waals surface area contributed by atoms with Gasteiger partial charge in [0, 0.05) is 18.8 Å². The van der Waals surface area contributed by atoms with Crippen LogP contribution in [0.3, 0.4) is 0 Å². The molecule has 0 saturated carbocycles. The Morgan fingerprint density at radius 1 is 1.53 bits per heavy atom. The van der Waals surface area contributed by atoms with Gasteiger partial charge in [-0.2, -0.15) is 5.10 Å². The summed E-state index contributed by atoms with van der Waals surface area (Å²) >= 11 is 0. The molecule has 0 bridgehead atoms. The second kappa shape index (κ2) is 4.47. The molecule has 0 aromatic carbocycles. The van der Waals surface area contributed by atoms with Gasteiger partial charge in [0.05, 0.1) is 11.3 Å². The fraction of sp³-hybridized carbons (Fsp3) is 0.636. The van der Waals surface area contributed by atoms with E-state index in [0.29, 0.717) is 5.56 Å². The summed E-state index contributed by atoms with van der Waals surface area (Å²) in [6.07, 6.45) is 0.935. The minimum atomic E-state index is -0.0209. The van der Waals surface area contributed by atoms with E-state index in [9.17, 15) is 4.79 Å². The van der Waals surface area contributed by atoms with E-state index in [-0.39, 0.29) is 11.9 Å². The van der Waals surface area contributed by atoms with Crippen molar-refractivity contribution >= 4 is 5.91 Å². The molecule has 0 fully saturated rings. The molecule has 0 radical (unpaired) electrons. The molecule has 1 aromatic heterocycles. The first-order valence-corrected chi connectivity index (χ1v) is 5.28. The molecule has 4 nitrogen and oxygen atoms in total. The maximum Gasteiger partial charge on any atom is 0.255 e. The Kier molecular flexibility index (Phi) is 3.50. The Morgan fingerprint density at radius 3 is 2.53 bits per heavy atom. The summed E-state index contributed by atoms with van der Waals surface area (Å²) in [4.78, 5) is 11.9. The van der Waals surface area contributed by atoms with Crippen LogP contribution in [0.5, 0.6) is 0 Å². The monoisotopic (exact) mass is 209 g/mol. The van der Waals surface area contributed by atoms with E-state index in [2.05, 4.69) is 10.4 Å². The Labute approximate surface area is 90.7 Å². The van der Waals surface area contributed by atoms with Crippen LogP contribution < -0.4 is 5.32 Å². The number of rotatable bonds is 3. The number of aryl methyl sites for hydroxylation is 2. The van der Waals surface area contributed by atoms with Crippen LogP contribution in [0.25, 0.3) is 0 Å². The number of amides is 1. The van der Waals surface area contributed by atoms with Crippen LogP contribution in [0, 0.1) is 13.8 Å². The quantitative estimate of drug-likeness (QED) is 0.821. The maximum absolute atomic E-state index is 11.9. The van der Waals surface area contributed by atoms with Crippen molar-refractivity contribution in [2.45, 2.75) is 40.2 Å². The van der Waals surface area contributed by atoms with Crippen LogP contribution in [0.15, 0.2) is 0 Å². The third kappa shape index (κ3) is 2.37. The molecule has 0 spiro atoms. The molecular weight excluding hydrogens is 190 g/mol. The van der Waals surface area contributed by atoms with Crippen LogP contribution in [-0.2, 0) is 7.05 Å². The van der Waals surface area contributed by atoms with E-state index >= 15 is 0 Å². The van der Waals surface area contributed by atoms with Crippen molar-refractivity contribution in [3.05, 3.63) is 17.0 Å². The standard InChI is InChI=1S/C11H19N3O/c1-6-7(2)12-11(15)10-8(3)13-14(5)9(10)4/h7H,6H2,1-5H3,(H,12,15)/t7-/m1/s1. The third-order valence-corrected chi connectivity index (χ3v) is 2.73. The highest BCUT2D eigenvalue weighted by atomic mass is 16.1. The lowest BCUT2D eigenvalue weighted by Gasteiger charge is -2.11. The average molecular weight is 209 g/mol. The number of nitrogens with one attached hydrogen (secondary N) is 1. The first kappa shape index (κ1) is 11.8. The molecule has 0 aliphatic carbocycles. The van der Waals surface area contributed by atoms with Crippen molar-refractivity contribution in [3.63, 3.8) is 0 Å². The largest absolute Gasteiger partial charge is 0.349 e. The van der Waals surface area contributed by atoms with Crippen LogP contribution in [-0.4, -0.2) is 21.7 Å². The number of nitrogens with zero attached hydrogens (tertiary/aromatic N) is 2. The zero-order chi connectivity index (χ0) is 11.6. The highest BCUT2D eigenvalue weighted by Crippen LogP contribution is 2.11. The van der Waals surface area contributed by atoms with E-state index in [1.54, 1.807) is 4.68 Å². The van der Waals surface area contributed by atoms with E-state index in [0.717, 1.165) is 17.8 Å². The molecule has 1 amide bonds. The predicted octanol–water partition coefficient (Wildman–Crippen LogP) is 1.57. The number of carbonyl (C=O) groups is 1. The molecule has 84 valence electrons. The van der Waals surface area contributed by atoms with E-state index in [1.807, 2.05) is 34.7 Å². The molecule has 0 saturated heterocycles. The maximum atomic E-state index is 11.9. The van der Waals surface area contributed by atoms with Crippen LogP contribution in [0.1, 0.15) is 42.0 Å². The predicted molar refractivity (Wildman–Crippen MR) is 59.9 cm³/mol. The number of aromatic nitrogens is 2. The van der Waals surface area contributed by atoms with Gasteiger partial charge in [0.2, 0.25) is 0 Å². The van der Waals surface area contributed by atoms with Crippen molar-refractivity contribution in [2.24, 2.45) is 7.05 Å². The van der Waals surface area contributed by atoms with Gasteiger partial charge in [-0.05, 0) is 27.2 Å². The zero-order valence-corrected chi connectivity index (χ0v) is 10.1. The lowest BCUT2D eigenvalue weighted by atomic mass is 10.1. The van der Waals surface area contributed by atoms with Gasteiger partial charge in [-0.15, -0.1) is 0 Å². The molecular formula is C11H19N3O. The number of hydrogen-bond acceptors (Lipinski definition) is 2. The summed E-state index contributed by atoms with van der Waals surface area (Å²) in [6.45, 7) is 7.82. The summed E-state index contributed by atoms with van der Waals surface area (Å²) < 4.78 is 1.74. The minimum absolute atomic E-state index is 0.0209. The summed E-state index contributed by atoms with van der Waals surface area (Å²) in [5, 5.41) is 7.17. The Morgan fingerprint density at radius 2 is 2.13 bits per heavy atom. The lowest BCUT2D eigenvalue weighted by molar-refractivity contribution is 0.0938. The normalized spacial score (nSPS) is 12.6. The van der Waals surface area contributed by atoms with Gasteiger partial charge in [-0.3, -0.25) is 9.48 Å². The van der Waals surface area contributed by atoms with E-state index in [1.165, 1.54) is 0 Å². The molecule has 1 rings (SSSR count). The Hall–Kier alpha value is -1.32. The highest BCUT2D eigenvalue weighted by molar-refractivity contribution is 5.96. The Bertz CT molecular complexity index is 368. The average Bonchev–Trinajstić information content (AvgIpc) is 2.41. The Balaban J connectivity index is 2.91. The summed E-state index contributed by atoms with van der Waals surface area (Å²) in [5.74, 6) is -0.0209. The summed E-state index contributed by atoms with van der Waals surface area (Å²) in [7, 11) is 1.85. The molecule has 1 heterocycles. The summed E-state index contributed by atoms with van der Waals surface area (Å²) in [5.41, 5.74) is 2.40. The van der Waals surface area contributed by atoms with E-state index < -0.39 is 0 Å². The molecule has 15 heavy (non-hydrogen) atoms. The van der Waals surface area contributed by atoms with Gasteiger partial charge in [0.25, 0.3) is 5.91 Å². The number of carbonyl (C=O) groups excluding carboxylic acids is 1.